The van der Waals surface area contributed by atoms with Crippen LogP contribution < -0.4 is 0 Å². The van der Waals surface area contributed by atoms with Crippen LogP contribution in [0.15, 0.2) is 29.2 Å². The van der Waals surface area contributed by atoms with Gasteiger partial charge in [-0.2, -0.15) is 0 Å². The number of thioether (sulfide) groups is 1. The third-order valence-corrected chi connectivity index (χ3v) is 4.49. The summed E-state index contributed by atoms with van der Waals surface area (Å²) >= 11 is 1.84. The number of rotatable bonds is 12. The number of hydrogen-bond donors (Lipinski definition) is 2. The van der Waals surface area contributed by atoms with E-state index in [0.29, 0.717) is 12.2 Å². The number of phenolic OH excluding ortho intramolecular Hbond substituents is 1. The van der Waals surface area contributed by atoms with Crippen molar-refractivity contribution in [3.63, 3.8) is 0 Å². The monoisotopic (exact) mass is 310 g/mol. The second-order valence-corrected chi connectivity index (χ2v) is 6.48. The highest BCUT2D eigenvalue weighted by Gasteiger charge is 1.97. The standard InChI is InChI=1S/C17H26O3S/c18-15-10-12-16(13-11-15)21-14-8-6-4-2-1-3-5-7-9-17(19)20/h10-13,18H,1-9,14H2,(H,19,20). The molecule has 0 saturated carbocycles. The zero-order chi connectivity index (χ0) is 15.3. The van der Waals surface area contributed by atoms with E-state index in [4.69, 9.17) is 5.11 Å². The highest BCUT2D eigenvalue weighted by atomic mass is 32.2. The van der Waals surface area contributed by atoms with Gasteiger partial charge in [-0.25, -0.2) is 0 Å². The summed E-state index contributed by atoms with van der Waals surface area (Å²) in [7, 11) is 0. The van der Waals surface area contributed by atoms with Gasteiger partial charge < -0.3 is 10.2 Å². The maximum absolute atomic E-state index is 10.3. The first kappa shape index (κ1) is 17.9. The van der Waals surface area contributed by atoms with Crippen molar-refractivity contribution in [2.75, 3.05) is 5.75 Å². The van der Waals surface area contributed by atoms with Gasteiger partial charge in [0.2, 0.25) is 0 Å². The van der Waals surface area contributed by atoms with Crippen molar-refractivity contribution in [2.24, 2.45) is 0 Å². The quantitative estimate of drug-likeness (QED) is 0.417. The summed E-state index contributed by atoms with van der Waals surface area (Å²) in [6.45, 7) is 0. The first-order valence-electron chi connectivity index (χ1n) is 7.82. The Labute approximate surface area is 131 Å². The van der Waals surface area contributed by atoms with Gasteiger partial charge in [0.1, 0.15) is 5.75 Å². The van der Waals surface area contributed by atoms with E-state index in [9.17, 15) is 9.90 Å². The first-order chi connectivity index (χ1) is 10.2. The van der Waals surface area contributed by atoms with Gasteiger partial charge in [0.05, 0.1) is 0 Å². The molecule has 1 aromatic rings. The van der Waals surface area contributed by atoms with Crippen LogP contribution in [0, 0.1) is 0 Å². The Morgan fingerprint density at radius 1 is 0.857 bits per heavy atom. The number of benzene rings is 1. The van der Waals surface area contributed by atoms with Crippen molar-refractivity contribution in [1.29, 1.82) is 0 Å². The average molecular weight is 310 g/mol. The summed E-state index contributed by atoms with van der Waals surface area (Å²) in [4.78, 5) is 11.6. The maximum atomic E-state index is 10.3. The van der Waals surface area contributed by atoms with E-state index in [0.717, 1.165) is 25.0 Å². The van der Waals surface area contributed by atoms with Crippen LogP contribution >= 0.6 is 11.8 Å². The van der Waals surface area contributed by atoms with Crippen LogP contribution in [0.1, 0.15) is 57.8 Å². The number of aromatic hydroxyl groups is 1. The molecule has 0 aliphatic carbocycles. The highest BCUT2D eigenvalue weighted by Crippen LogP contribution is 2.22. The lowest BCUT2D eigenvalue weighted by Crippen LogP contribution is -1.93. The van der Waals surface area contributed by atoms with E-state index in [2.05, 4.69) is 0 Å². The lowest BCUT2D eigenvalue weighted by atomic mass is 10.1. The molecule has 0 aliphatic rings. The van der Waals surface area contributed by atoms with Gasteiger partial charge in [0.15, 0.2) is 0 Å². The molecule has 3 nitrogen and oxygen atoms in total. The van der Waals surface area contributed by atoms with Crippen LogP contribution in [-0.4, -0.2) is 21.9 Å². The Hall–Kier alpha value is -1.16. The third kappa shape index (κ3) is 10.2. The molecule has 0 heterocycles. The molecule has 0 spiro atoms. The van der Waals surface area contributed by atoms with E-state index in [-0.39, 0.29) is 0 Å². The zero-order valence-electron chi connectivity index (χ0n) is 12.6. The van der Waals surface area contributed by atoms with Gasteiger partial charge in [0.25, 0.3) is 0 Å². The lowest BCUT2D eigenvalue weighted by Gasteiger charge is -2.03. The molecule has 0 amide bonds. The van der Waals surface area contributed by atoms with Crippen LogP contribution in [0.5, 0.6) is 5.75 Å². The van der Waals surface area contributed by atoms with Crippen LogP contribution in [0.4, 0.5) is 0 Å². The molecule has 4 heteroatoms. The summed E-state index contributed by atoms with van der Waals surface area (Å²) in [5, 5.41) is 17.7. The molecule has 0 bridgehead atoms. The molecule has 21 heavy (non-hydrogen) atoms. The van der Waals surface area contributed by atoms with Gasteiger partial charge in [-0.3, -0.25) is 4.79 Å². The minimum Gasteiger partial charge on any atom is -0.508 e. The van der Waals surface area contributed by atoms with Gasteiger partial charge >= 0.3 is 5.97 Å². The Morgan fingerprint density at radius 3 is 1.95 bits per heavy atom. The van der Waals surface area contributed by atoms with Crippen LogP contribution in [0.25, 0.3) is 0 Å². The van der Waals surface area contributed by atoms with Gasteiger partial charge in [-0.05, 0) is 42.9 Å². The maximum Gasteiger partial charge on any atom is 0.303 e. The molecule has 0 fully saturated rings. The van der Waals surface area contributed by atoms with Gasteiger partial charge in [0, 0.05) is 11.3 Å². The number of phenols is 1. The number of hydrogen-bond acceptors (Lipinski definition) is 3. The Kier molecular flexibility index (Phi) is 9.79. The van der Waals surface area contributed by atoms with Crippen LogP contribution in [0.3, 0.4) is 0 Å². The fourth-order valence-corrected chi connectivity index (χ4v) is 3.08. The predicted molar refractivity (Wildman–Crippen MR) is 88.0 cm³/mol. The number of carboxylic acid groups (broad SMARTS) is 1. The zero-order valence-corrected chi connectivity index (χ0v) is 13.4. The normalized spacial score (nSPS) is 10.7. The average Bonchev–Trinajstić information content (AvgIpc) is 2.46. The van der Waals surface area contributed by atoms with E-state index in [1.807, 2.05) is 23.9 Å². The van der Waals surface area contributed by atoms with Crippen molar-refractivity contribution in [1.82, 2.24) is 0 Å². The van der Waals surface area contributed by atoms with Crippen molar-refractivity contribution in [3.8, 4) is 5.75 Å². The molecule has 0 aromatic heterocycles. The molecule has 0 unspecified atom stereocenters. The molecule has 118 valence electrons. The van der Waals surface area contributed by atoms with Crippen molar-refractivity contribution in [3.05, 3.63) is 24.3 Å². The van der Waals surface area contributed by atoms with E-state index in [1.165, 1.54) is 37.0 Å². The summed E-state index contributed by atoms with van der Waals surface area (Å²) in [6, 6.07) is 7.37. The molecule has 0 saturated heterocycles. The summed E-state index contributed by atoms with van der Waals surface area (Å²) in [6.07, 6.45) is 9.59. The molecule has 1 rings (SSSR count). The third-order valence-electron chi connectivity index (χ3n) is 3.39. The topological polar surface area (TPSA) is 57.5 Å². The predicted octanol–water partition coefficient (Wildman–Crippen LogP) is 5.08. The largest absolute Gasteiger partial charge is 0.508 e. The van der Waals surface area contributed by atoms with E-state index >= 15 is 0 Å². The lowest BCUT2D eigenvalue weighted by molar-refractivity contribution is -0.137. The SMILES string of the molecule is O=C(O)CCCCCCCCCCSc1ccc(O)cc1. The first-order valence-corrected chi connectivity index (χ1v) is 8.80. The second kappa shape index (κ2) is 11.5. The van der Waals surface area contributed by atoms with E-state index in [1.54, 1.807) is 12.1 Å². The van der Waals surface area contributed by atoms with Crippen LogP contribution in [0.2, 0.25) is 0 Å². The molecule has 2 N–H and O–H groups in total. The van der Waals surface area contributed by atoms with Crippen molar-refractivity contribution < 1.29 is 15.0 Å². The molecule has 0 aliphatic heterocycles. The summed E-state index contributed by atoms with van der Waals surface area (Å²) < 4.78 is 0. The van der Waals surface area contributed by atoms with Crippen molar-refractivity contribution >= 4 is 17.7 Å². The second-order valence-electron chi connectivity index (χ2n) is 5.31. The molecule has 1 aromatic carbocycles. The molecule has 0 atom stereocenters. The van der Waals surface area contributed by atoms with E-state index < -0.39 is 5.97 Å². The fourth-order valence-electron chi connectivity index (χ4n) is 2.17. The Balaban J connectivity index is 1.84. The van der Waals surface area contributed by atoms with Crippen molar-refractivity contribution in [2.45, 2.75) is 62.7 Å². The minimum atomic E-state index is -0.680. The number of carboxylic acids is 1. The number of carbonyl (C=O) groups is 1. The van der Waals surface area contributed by atoms with Gasteiger partial charge in [-0.15, -0.1) is 11.8 Å². The smallest absolute Gasteiger partial charge is 0.303 e. The van der Waals surface area contributed by atoms with Crippen LogP contribution in [-0.2, 0) is 4.79 Å². The Morgan fingerprint density at radius 2 is 1.38 bits per heavy atom. The summed E-state index contributed by atoms with van der Waals surface area (Å²) in [5.41, 5.74) is 0. The number of unbranched alkanes of at least 4 members (excludes halogenated alkanes) is 7. The molecule has 0 radical (unpaired) electrons. The highest BCUT2D eigenvalue weighted by molar-refractivity contribution is 7.99. The minimum absolute atomic E-state index is 0.314. The fraction of sp³-hybridized carbons (Fsp3) is 0.588. The Bertz CT molecular complexity index is 390. The molecular formula is C17H26O3S. The molecular weight excluding hydrogens is 284 g/mol. The summed E-state index contributed by atoms with van der Waals surface area (Å²) in [5.74, 6) is 0.771. The van der Waals surface area contributed by atoms with Gasteiger partial charge in [-0.1, -0.05) is 38.5 Å². The number of aliphatic carboxylic acids is 1.